The van der Waals surface area contributed by atoms with Gasteiger partial charge >= 0.3 is 0 Å². The van der Waals surface area contributed by atoms with Crippen LogP contribution in [0.1, 0.15) is 27.3 Å². The molecule has 2 aromatic heterocycles. The fourth-order valence-corrected chi connectivity index (χ4v) is 2.76. The van der Waals surface area contributed by atoms with E-state index in [1.54, 1.807) is 0 Å². The predicted octanol–water partition coefficient (Wildman–Crippen LogP) is 2.17. The topological polar surface area (TPSA) is 76.7 Å². The minimum absolute atomic E-state index is 0.107. The third-order valence-corrected chi connectivity index (χ3v) is 3.85. The van der Waals surface area contributed by atoms with E-state index in [0.717, 1.165) is 34.3 Å². The number of H-pyrrole nitrogens is 1. The third-order valence-electron chi connectivity index (χ3n) is 3.85. The smallest absolute Gasteiger partial charge is 0.279 e. The van der Waals surface area contributed by atoms with Gasteiger partial charge in [0.15, 0.2) is 0 Å². The number of rotatable bonds is 3. The number of hydrogen-bond acceptors (Lipinski definition) is 3. The Morgan fingerprint density at radius 3 is 2.90 bits per heavy atom. The summed E-state index contributed by atoms with van der Waals surface area (Å²) in [6, 6.07) is 7.57. The van der Waals surface area contributed by atoms with Crippen LogP contribution in [0.4, 0.5) is 0 Å². The van der Waals surface area contributed by atoms with Crippen molar-refractivity contribution in [3.8, 4) is 0 Å². The first-order valence-corrected chi connectivity index (χ1v) is 6.99. The van der Waals surface area contributed by atoms with Crippen LogP contribution in [0, 0.1) is 13.8 Å². The number of aromatic amines is 1. The maximum atomic E-state index is 12.8. The minimum Gasteiger partial charge on any atom is -0.361 e. The highest BCUT2D eigenvalue weighted by atomic mass is 16.2. The molecule has 0 spiro atoms. The molecule has 0 radical (unpaired) electrons. The molecule has 0 aliphatic carbocycles. The van der Waals surface area contributed by atoms with Crippen LogP contribution in [0.2, 0.25) is 0 Å². The first-order chi connectivity index (χ1) is 10.1. The Kier molecular flexibility index (Phi) is 3.35. The van der Waals surface area contributed by atoms with Gasteiger partial charge in [-0.1, -0.05) is 6.07 Å². The van der Waals surface area contributed by atoms with Crippen LogP contribution in [-0.2, 0) is 6.42 Å². The van der Waals surface area contributed by atoms with Crippen molar-refractivity contribution in [1.29, 1.82) is 0 Å². The molecular weight excluding hydrogens is 264 g/mol. The summed E-state index contributed by atoms with van der Waals surface area (Å²) in [5.74, 6) is -0.107. The molecule has 21 heavy (non-hydrogen) atoms. The molecule has 3 rings (SSSR count). The standard InChI is InChI=1S/C16H18N4O/c1-10-12(6-8-17)11(2)20(19-10)16(21)14-4-3-5-15-13(14)7-9-18-15/h3-5,7,9,18H,6,8,17H2,1-2H3. The van der Waals surface area contributed by atoms with Gasteiger partial charge in [-0.15, -0.1) is 0 Å². The van der Waals surface area contributed by atoms with Crippen molar-refractivity contribution in [2.45, 2.75) is 20.3 Å². The van der Waals surface area contributed by atoms with Crippen LogP contribution in [0.3, 0.4) is 0 Å². The van der Waals surface area contributed by atoms with E-state index < -0.39 is 0 Å². The van der Waals surface area contributed by atoms with Gasteiger partial charge in [-0.3, -0.25) is 4.79 Å². The summed E-state index contributed by atoms with van der Waals surface area (Å²) in [6.45, 7) is 4.38. The zero-order valence-electron chi connectivity index (χ0n) is 12.2. The molecule has 0 bridgehead atoms. The van der Waals surface area contributed by atoms with Crippen molar-refractivity contribution in [3.05, 3.63) is 53.0 Å². The minimum atomic E-state index is -0.107. The molecular formula is C16H18N4O. The van der Waals surface area contributed by atoms with Crippen molar-refractivity contribution in [3.63, 3.8) is 0 Å². The van der Waals surface area contributed by atoms with Crippen LogP contribution in [0.5, 0.6) is 0 Å². The molecule has 5 nitrogen and oxygen atoms in total. The number of nitrogens with two attached hydrogens (primary N) is 1. The second kappa shape index (κ2) is 5.18. The highest BCUT2D eigenvalue weighted by Gasteiger charge is 2.19. The number of carbonyl (C=O) groups excluding carboxylic acids is 1. The van der Waals surface area contributed by atoms with Crippen LogP contribution < -0.4 is 5.73 Å². The summed E-state index contributed by atoms with van der Waals surface area (Å²) in [5.41, 5.74) is 10.0. The molecule has 0 fully saturated rings. The van der Waals surface area contributed by atoms with Crippen molar-refractivity contribution in [2.75, 3.05) is 6.54 Å². The van der Waals surface area contributed by atoms with Crippen LogP contribution in [0.25, 0.3) is 10.9 Å². The number of aryl methyl sites for hydroxylation is 1. The number of carbonyl (C=O) groups is 1. The van der Waals surface area contributed by atoms with Gasteiger partial charge in [0, 0.05) is 22.8 Å². The molecule has 0 aliphatic rings. The Labute approximate surface area is 122 Å². The van der Waals surface area contributed by atoms with E-state index in [2.05, 4.69) is 10.1 Å². The number of benzene rings is 1. The van der Waals surface area contributed by atoms with E-state index in [9.17, 15) is 4.79 Å². The van der Waals surface area contributed by atoms with Crippen LogP contribution in [0.15, 0.2) is 30.5 Å². The first kappa shape index (κ1) is 13.6. The predicted molar refractivity (Wildman–Crippen MR) is 82.5 cm³/mol. The number of nitrogens with zero attached hydrogens (tertiary/aromatic N) is 2. The Bertz CT molecular complexity index is 813. The maximum absolute atomic E-state index is 12.8. The summed E-state index contributed by atoms with van der Waals surface area (Å²) < 4.78 is 1.49. The van der Waals surface area contributed by atoms with E-state index in [-0.39, 0.29) is 5.91 Å². The summed E-state index contributed by atoms with van der Waals surface area (Å²) in [4.78, 5) is 15.9. The Morgan fingerprint density at radius 1 is 1.33 bits per heavy atom. The second-order valence-electron chi connectivity index (χ2n) is 5.15. The van der Waals surface area contributed by atoms with Crippen LogP contribution in [-0.4, -0.2) is 27.2 Å². The summed E-state index contributed by atoms with van der Waals surface area (Å²) in [5, 5.41) is 5.31. The molecule has 0 aliphatic heterocycles. The van der Waals surface area contributed by atoms with Gasteiger partial charge in [-0.2, -0.15) is 5.10 Å². The van der Waals surface area contributed by atoms with Crippen LogP contribution >= 0.6 is 0 Å². The van der Waals surface area contributed by atoms with Crippen molar-refractivity contribution in [2.24, 2.45) is 5.73 Å². The molecule has 0 amide bonds. The first-order valence-electron chi connectivity index (χ1n) is 6.99. The largest absolute Gasteiger partial charge is 0.361 e. The number of hydrogen-bond donors (Lipinski definition) is 2. The monoisotopic (exact) mass is 282 g/mol. The summed E-state index contributed by atoms with van der Waals surface area (Å²) in [7, 11) is 0. The Morgan fingerprint density at radius 2 is 2.14 bits per heavy atom. The fourth-order valence-electron chi connectivity index (χ4n) is 2.76. The number of nitrogens with one attached hydrogen (secondary N) is 1. The quantitative estimate of drug-likeness (QED) is 0.773. The van der Waals surface area contributed by atoms with Crippen molar-refractivity contribution in [1.82, 2.24) is 14.8 Å². The lowest BCUT2D eigenvalue weighted by atomic mass is 10.1. The fraction of sp³-hybridized carbons (Fsp3) is 0.250. The molecule has 3 N–H and O–H groups in total. The van der Waals surface area contributed by atoms with Gasteiger partial charge < -0.3 is 10.7 Å². The molecule has 0 saturated heterocycles. The summed E-state index contributed by atoms with van der Waals surface area (Å²) in [6.07, 6.45) is 2.57. The van der Waals surface area contributed by atoms with Gasteiger partial charge in [0.2, 0.25) is 0 Å². The van der Waals surface area contributed by atoms with Gasteiger partial charge in [0.05, 0.1) is 11.3 Å². The zero-order chi connectivity index (χ0) is 15.0. The molecule has 0 atom stereocenters. The SMILES string of the molecule is Cc1nn(C(=O)c2cccc3[nH]ccc23)c(C)c1CCN. The summed E-state index contributed by atoms with van der Waals surface area (Å²) >= 11 is 0. The normalized spacial score (nSPS) is 11.2. The number of aromatic nitrogens is 3. The van der Waals surface area contributed by atoms with E-state index in [0.29, 0.717) is 12.1 Å². The van der Waals surface area contributed by atoms with E-state index in [4.69, 9.17) is 5.73 Å². The lowest BCUT2D eigenvalue weighted by Gasteiger charge is -2.05. The van der Waals surface area contributed by atoms with E-state index in [1.807, 2.05) is 44.3 Å². The Balaban J connectivity index is 2.11. The lowest BCUT2D eigenvalue weighted by Crippen LogP contribution is -2.16. The average molecular weight is 282 g/mol. The van der Waals surface area contributed by atoms with Gasteiger partial charge in [-0.05, 0) is 50.6 Å². The van der Waals surface area contributed by atoms with E-state index in [1.165, 1.54) is 4.68 Å². The van der Waals surface area contributed by atoms with Gasteiger partial charge in [0.1, 0.15) is 0 Å². The molecule has 0 saturated carbocycles. The molecule has 0 unspecified atom stereocenters. The third kappa shape index (κ3) is 2.15. The highest BCUT2D eigenvalue weighted by molar-refractivity contribution is 6.07. The maximum Gasteiger partial charge on any atom is 0.279 e. The molecule has 5 heteroatoms. The van der Waals surface area contributed by atoms with Gasteiger partial charge in [0.25, 0.3) is 5.91 Å². The van der Waals surface area contributed by atoms with Crippen molar-refractivity contribution >= 4 is 16.8 Å². The molecule has 3 aromatic rings. The Hall–Kier alpha value is -2.40. The highest BCUT2D eigenvalue weighted by Crippen LogP contribution is 2.20. The molecule has 1 aromatic carbocycles. The molecule has 2 heterocycles. The lowest BCUT2D eigenvalue weighted by molar-refractivity contribution is 0.0944. The zero-order valence-corrected chi connectivity index (χ0v) is 12.2. The van der Waals surface area contributed by atoms with E-state index >= 15 is 0 Å². The van der Waals surface area contributed by atoms with Crippen molar-refractivity contribution < 1.29 is 4.79 Å². The second-order valence-corrected chi connectivity index (χ2v) is 5.15. The molecule has 108 valence electrons. The van der Waals surface area contributed by atoms with Gasteiger partial charge in [-0.25, -0.2) is 4.68 Å². The number of fused-ring (bicyclic) bond motifs is 1. The average Bonchev–Trinajstić information content (AvgIpc) is 3.06.